The Morgan fingerprint density at radius 1 is 0.594 bits per heavy atom. The van der Waals surface area contributed by atoms with Crippen LogP contribution in [0.5, 0.6) is 0 Å². The lowest BCUT2D eigenvalue weighted by Gasteiger charge is -2.26. The predicted octanol–water partition coefficient (Wildman–Crippen LogP) is 7.57. The maximum Gasteiger partial charge on any atom is 0.305 e. The average molecular weight is 473 g/mol. The molecule has 5 nitrogen and oxygen atoms in total. The van der Waals surface area contributed by atoms with Gasteiger partial charge in [-0.1, -0.05) is 90.9 Å². The van der Waals surface area contributed by atoms with Crippen LogP contribution in [0.2, 0.25) is 19.6 Å². The summed E-state index contributed by atoms with van der Waals surface area (Å²) >= 11 is 0. The number of unbranched alkanes of at least 4 members (excludes halogenated alkanes) is 12. The number of carbonyl (C=O) groups is 2. The molecule has 0 heterocycles. The Morgan fingerprint density at radius 3 is 1.28 bits per heavy atom. The summed E-state index contributed by atoms with van der Waals surface area (Å²) in [6.07, 6.45) is 16.9. The first-order chi connectivity index (χ1) is 15.3. The highest BCUT2D eigenvalue weighted by molar-refractivity contribution is 6.69. The van der Waals surface area contributed by atoms with Gasteiger partial charge in [0, 0.05) is 12.8 Å². The van der Waals surface area contributed by atoms with E-state index in [0.29, 0.717) is 12.8 Å². The maximum atomic E-state index is 12.1. The van der Waals surface area contributed by atoms with Crippen molar-refractivity contribution in [1.29, 1.82) is 0 Å². The summed E-state index contributed by atoms with van der Waals surface area (Å²) in [5, 5.41) is 0. The van der Waals surface area contributed by atoms with Gasteiger partial charge in [-0.05, 0) is 32.5 Å². The van der Waals surface area contributed by atoms with E-state index >= 15 is 0 Å². The molecule has 0 unspecified atom stereocenters. The van der Waals surface area contributed by atoms with Gasteiger partial charge >= 0.3 is 11.9 Å². The molecule has 0 aromatic carbocycles. The van der Waals surface area contributed by atoms with Crippen LogP contribution in [-0.2, 0) is 23.5 Å². The normalized spacial score (nSPS) is 11.7. The molecule has 0 N–H and O–H groups in total. The minimum atomic E-state index is -1.84. The van der Waals surface area contributed by atoms with Crippen LogP contribution in [0.4, 0.5) is 0 Å². The van der Waals surface area contributed by atoms with Gasteiger partial charge in [0.1, 0.15) is 19.3 Å². The van der Waals surface area contributed by atoms with E-state index in [1.165, 1.54) is 64.2 Å². The molecule has 0 aromatic heterocycles. The highest BCUT2D eigenvalue weighted by atomic mass is 28.4. The molecule has 6 heteroatoms. The Bertz CT molecular complexity index is 428. The Labute approximate surface area is 199 Å². The van der Waals surface area contributed by atoms with E-state index in [4.69, 9.17) is 13.9 Å². The number of ether oxygens (including phenoxy) is 2. The van der Waals surface area contributed by atoms with Crippen LogP contribution >= 0.6 is 0 Å². The largest absolute Gasteiger partial charge is 0.463 e. The minimum absolute atomic E-state index is 0.157. The Kier molecular flexibility index (Phi) is 20.1. The molecule has 0 aromatic rings. The van der Waals surface area contributed by atoms with Gasteiger partial charge in [0.2, 0.25) is 0 Å². The SMILES string of the molecule is CCCCCCCCCC(=O)OCC(COC(=O)CCCCCCCCC)O[Si](C)(C)C. The number of hydrogen-bond donors (Lipinski definition) is 0. The first-order valence-corrected chi connectivity index (χ1v) is 16.7. The molecule has 0 amide bonds. The molecular weight excluding hydrogens is 420 g/mol. The maximum absolute atomic E-state index is 12.1. The van der Waals surface area contributed by atoms with E-state index in [-0.39, 0.29) is 31.3 Å². The third-order valence-electron chi connectivity index (χ3n) is 5.35. The van der Waals surface area contributed by atoms with Gasteiger partial charge in [0.15, 0.2) is 8.32 Å². The van der Waals surface area contributed by atoms with Gasteiger partial charge in [-0.3, -0.25) is 9.59 Å². The predicted molar refractivity (Wildman–Crippen MR) is 135 cm³/mol. The Morgan fingerprint density at radius 2 is 0.938 bits per heavy atom. The van der Waals surface area contributed by atoms with E-state index in [0.717, 1.165) is 25.7 Å². The van der Waals surface area contributed by atoms with Gasteiger partial charge < -0.3 is 13.9 Å². The third-order valence-corrected chi connectivity index (χ3v) is 6.39. The molecule has 32 heavy (non-hydrogen) atoms. The zero-order chi connectivity index (χ0) is 24.1. The van der Waals surface area contributed by atoms with Crippen LogP contribution in [0.1, 0.15) is 117 Å². The zero-order valence-electron chi connectivity index (χ0n) is 21.8. The monoisotopic (exact) mass is 472 g/mol. The second kappa shape index (κ2) is 20.7. The number of rotatable bonds is 22. The number of hydrogen-bond acceptors (Lipinski definition) is 5. The van der Waals surface area contributed by atoms with Crippen molar-refractivity contribution in [2.45, 2.75) is 142 Å². The summed E-state index contributed by atoms with van der Waals surface area (Å²) in [6, 6.07) is 0. The van der Waals surface area contributed by atoms with Crippen LogP contribution in [0.25, 0.3) is 0 Å². The molecule has 0 aliphatic carbocycles. The van der Waals surface area contributed by atoms with Gasteiger partial charge in [-0.2, -0.15) is 0 Å². The molecule has 0 rings (SSSR count). The average Bonchev–Trinajstić information content (AvgIpc) is 2.73. The van der Waals surface area contributed by atoms with Crippen LogP contribution in [0, 0.1) is 0 Å². The lowest BCUT2D eigenvalue weighted by molar-refractivity contribution is -0.151. The van der Waals surface area contributed by atoms with Crippen LogP contribution in [0.3, 0.4) is 0 Å². The fourth-order valence-electron chi connectivity index (χ4n) is 3.59. The summed E-state index contributed by atoms with van der Waals surface area (Å²) in [6.45, 7) is 11.0. The molecule has 0 saturated carbocycles. The molecule has 0 atom stereocenters. The highest BCUT2D eigenvalue weighted by Crippen LogP contribution is 2.12. The van der Waals surface area contributed by atoms with E-state index in [1.54, 1.807) is 0 Å². The second-order valence-electron chi connectivity index (χ2n) is 9.96. The molecule has 0 spiro atoms. The van der Waals surface area contributed by atoms with E-state index in [1.807, 2.05) is 0 Å². The third kappa shape index (κ3) is 22.3. The van der Waals surface area contributed by atoms with Crippen molar-refractivity contribution in [2.24, 2.45) is 0 Å². The molecule has 0 radical (unpaired) electrons. The van der Waals surface area contributed by atoms with Crippen LogP contribution in [0.15, 0.2) is 0 Å². The molecule has 0 saturated heterocycles. The first kappa shape index (κ1) is 31.1. The summed E-state index contributed by atoms with van der Waals surface area (Å²) in [7, 11) is -1.84. The van der Waals surface area contributed by atoms with Crippen LogP contribution in [-0.4, -0.2) is 39.6 Å². The van der Waals surface area contributed by atoms with Crippen molar-refractivity contribution in [3.05, 3.63) is 0 Å². The minimum Gasteiger partial charge on any atom is -0.463 e. The summed E-state index contributed by atoms with van der Waals surface area (Å²) in [5.41, 5.74) is 0. The topological polar surface area (TPSA) is 61.8 Å². The lowest BCUT2D eigenvalue weighted by Crippen LogP contribution is -2.38. The molecule has 0 fully saturated rings. The van der Waals surface area contributed by atoms with Crippen LogP contribution < -0.4 is 0 Å². The van der Waals surface area contributed by atoms with Gasteiger partial charge in [-0.25, -0.2) is 0 Å². The van der Waals surface area contributed by atoms with Crippen molar-refractivity contribution >= 4 is 20.3 Å². The van der Waals surface area contributed by atoms with Gasteiger partial charge in [-0.15, -0.1) is 0 Å². The summed E-state index contributed by atoms with van der Waals surface area (Å²) < 4.78 is 17.0. The van der Waals surface area contributed by atoms with Gasteiger partial charge in [0.05, 0.1) is 0 Å². The molecular formula is C26H52O5Si. The van der Waals surface area contributed by atoms with Crippen molar-refractivity contribution in [1.82, 2.24) is 0 Å². The quantitative estimate of drug-likeness (QED) is 0.0923. The summed E-state index contributed by atoms with van der Waals surface area (Å²) in [5.74, 6) is -0.366. The van der Waals surface area contributed by atoms with Gasteiger partial charge in [0.25, 0.3) is 0 Å². The molecule has 0 aliphatic heterocycles. The first-order valence-electron chi connectivity index (χ1n) is 13.3. The smallest absolute Gasteiger partial charge is 0.305 e. The molecule has 0 aliphatic rings. The van der Waals surface area contributed by atoms with Crippen molar-refractivity contribution < 1.29 is 23.5 Å². The molecule has 190 valence electrons. The Hall–Kier alpha value is -0.883. The second-order valence-corrected chi connectivity index (χ2v) is 14.4. The van der Waals surface area contributed by atoms with E-state index in [2.05, 4.69) is 33.5 Å². The van der Waals surface area contributed by atoms with Crippen molar-refractivity contribution in [3.8, 4) is 0 Å². The highest BCUT2D eigenvalue weighted by Gasteiger charge is 2.23. The van der Waals surface area contributed by atoms with Crippen molar-refractivity contribution in [2.75, 3.05) is 13.2 Å². The standard InChI is InChI=1S/C26H52O5Si/c1-6-8-10-12-14-16-18-20-25(27)29-22-24(31-32(3,4)5)23-30-26(28)21-19-17-15-13-11-9-7-2/h24H,6-23H2,1-5H3. The lowest BCUT2D eigenvalue weighted by atomic mass is 10.1. The zero-order valence-corrected chi connectivity index (χ0v) is 22.8. The molecule has 0 bridgehead atoms. The van der Waals surface area contributed by atoms with Crippen molar-refractivity contribution in [3.63, 3.8) is 0 Å². The van der Waals surface area contributed by atoms with E-state index in [9.17, 15) is 9.59 Å². The number of esters is 2. The van der Waals surface area contributed by atoms with E-state index < -0.39 is 8.32 Å². The number of carbonyl (C=O) groups excluding carboxylic acids is 2. The fraction of sp³-hybridized carbons (Fsp3) is 0.923. The fourth-order valence-corrected chi connectivity index (χ4v) is 4.72. The summed E-state index contributed by atoms with van der Waals surface area (Å²) in [4.78, 5) is 24.2. The Balaban J connectivity index is 4.06.